The highest BCUT2D eigenvalue weighted by atomic mass is 16.5. The Balaban J connectivity index is 2.49. The number of rotatable bonds is 2. The Bertz CT molecular complexity index is 953. The lowest BCUT2D eigenvalue weighted by molar-refractivity contribution is 0.0603. The van der Waals surface area contributed by atoms with Gasteiger partial charge in [0, 0.05) is 12.4 Å². The van der Waals surface area contributed by atoms with Gasteiger partial charge in [-0.25, -0.2) is 4.79 Å². The Hall–Kier alpha value is -2.88. The summed E-state index contributed by atoms with van der Waals surface area (Å²) in [5.74, 6) is -0.505. The second kappa shape index (κ2) is 5.72. The van der Waals surface area contributed by atoms with Gasteiger partial charge >= 0.3 is 5.97 Å². The molecule has 0 spiro atoms. The van der Waals surface area contributed by atoms with E-state index in [-0.39, 0.29) is 5.56 Å². The van der Waals surface area contributed by atoms with Crippen LogP contribution in [0.1, 0.15) is 15.9 Å². The molecule has 4 nitrogen and oxygen atoms in total. The van der Waals surface area contributed by atoms with Gasteiger partial charge in [-0.05, 0) is 18.6 Å². The minimum atomic E-state index is -0.505. The van der Waals surface area contributed by atoms with Gasteiger partial charge in [0.15, 0.2) is 0 Å². The first-order valence-corrected chi connectivity index (χ1v) is 7.31. The number of hydrogen-bond acceptors (Lipinski definition) is 3. The van der Waals surface area contributed by atoms with Gasteiger partial charge in [0.05, 0.1) is 23.8 Å². The topological polar surface area (TPSA) is 48.3 Å². The number of benzene rings is 2. The maximum atomic E-state index is 12.9. The number of carbonyl (C=O) groups is 1. The number of aromatic nitrogens is 1. The molecule has 0 aliphatic heterocycles. The lowest BCUT2D eigenvalue weighted by Gasteiger charge is -2.14. The van der Waals surface area contributed by atoms with E-state index in [2.05, 4.69) is 0 Å². The number of carbonyl (C=O) groups excluding carboxylic acids is 1. The van der Waals surface area contributed by atoms with Gasteiger partial charge in [0.25, 0.3) is 5.56 Å². The summed E-state index contributed by atoms with van der Waals surface area (Å²) in [7, 11) is 3.04. The third-order valence-corrected chi connectivity index (χ3v) is 4.03. The molecule has 116 valence electrons. The molecule has 0 amide bonds. The van der Waals surface area contributed by atoms with E-state index >= 15 is 0 Å². The number of methoxy groups -OCH3 is 1. The highest BCUT2D eigenvalue weighted by Crippen LogP contribution is 2.28. The molecule has 3 rings (SSSR count). The monoisotopic (exact) mass is 307 g/mol. The summed E-state index contributed by atoms with van der Waals surface area (Å²) < 4.78 is 6.50. The molecule has 2 aromatic carbocycles. The van der Waals surface area contributed by atoms with Crippen LogP contribution < -0.4 is 5.56 Å². The van der Waals surface area contributed by atoms with Crippen molar-refractivity contribution < 1.29 is 9.53 Å². The van der Waals surface area contributed by atoms with Gasteiger partial charge in [-0.1, -0.05) is 48.0 Å². The van der Waals surface area contributed by atoms with E-state index in [0.717, 1.165) is 5.56 Å². The van der Waals surface area contributed by atoms with Crippen LogP contribution in [0.15, 0.2) is 53.3 Å². The predicted octanol–water partition coefficient (Wildman–Crippen LogP) is 3.30. The van der Waals surface area contributed by atoms with E-state index in [0.29, 0.717) is 27.6 Å². The predicted molar refractivity (Wildman–Crippen MR) is 90.7 cm³/mol. The summed E-state index contributed by atoms with van der Waals surface area (Å²) in [5, 5.41) is 0.706. The first-order chi connectivity index (χ1) is 11.0. The standard InChI is InChI=1S/C19H17NO3/c1-12-8-10-13(11-9-12)16-17(19(22)23-3)14-6-4-5-7-15(14)20(2)18(16)21/h4-11H,1-3H3. The average Bonchev–Trinajstić information content (AvgIpc) is 2.58. The number of esters is 1. The summed E-state index contributed by atoms with van der Waals surface area (Å²) in [6, 6.07) is 14.9. The zero-order valence-electron chi connectivity index (χ0n) is 13.3. The Kier molecular flexibility index (Phi) is 3.74. The molecule has 0 saturated heterocycles. The maximum absolute atomic E-state index is 12.9. The molecule has 0 atom stereocenters. The first-order valence-electron chi connectivity index (χ1n) is 7.31. The van der Waals surface area contributed by atoms with Crippen LogP contribution in [0.2, 0.25) is 0 Å². The number of hydrogen-bond donors (Lipinski definition) is 0. The average molecular weight is 307 g/mol. The maximum Gasteiger partial charge on any atom is 0.339 e. The van der Waals surface area contributed by atoms with Crippen molar-refractivity contribution >= 4 is 16.9 Å². The smallest absolute Gasteiger partial charge is 0.339 e. The third kappa shape index (κ3) is 2.42. The van der Waals surface area contributed by atoms with Gasteiger partial charge < -0.3 is 9.30 Å². The van der Waals surface area contributed by atoms with Gasteiger partial charge in [0.1, 0.15) is 0 Å². The van der Waals surface area contributed by atoms with Crippen LogP contribution in [-0.2, 0) is 11.8 Å². The van der Waals surface area contributed by atoms with Crippen LogP contribution >= 0.6 is 0 Å². The van der Waals surface area contributed by atoms with Crippen molar-refractivity contribution in [2.45, 2.75) is 6.92 Å². The molecule has 0 bridgehead atoms. The minimum Gasteiger partial charge on any atom is -0.465 e. The molecule has 0 fully saturated rings. The van der Waals surface area contributed by atoms with Crippen LogP contribution in [0.5, 0.6) is 0 Å². The molecule has 1 heterocycles. The SMILES string of the molecule is COC(=O)c1c(-c2ccc(C)cc2)c(=O)n(C)c2ccccc12. The van der Waals surface area contributed by atoms with Crippen molar-refractivity contribution in [1.82, 2.24) is 4.57 Å². The van der Waals surface area contributed by atoms with Gasteiger partial charge in [-0.15, -0.1) is 0 Å². The van der Waals surface area contributed by atoms with E-state index in [1.165, 1.54) is 7.11 Å². The molecule has 0 aliphatic rings. The zero-order chi connectivity index (χ0) is 16.6. The van der Waals surface area contributed by atoms with Gasteiger partial charge in [-0.2, -0.15) is 0 Å². The fraction of sp³-hybridized carbons (Fsp3) is 0.158. The molecule has 1 aromatic heterocycles. The minimum absolute atomic E-state index is 0.215. The van der Waals surface area contributed by atoms with E-state index in [1.54, 1.807) is 11.6 Å². The molecule has 0 aliphatic carbocycles. The normalized spacial score (nSPS) is 10.7. The van der Waals surface area contributed by atoms with E-state index in [4.69, 9.17) is 4.74 Å². The first kappa shape index (κ1) is 15.0. The van der Waals surface area contributed by atoms with Gasteiger partial charge in [0.2, 0.25) is 0 Å². The number of para-hydroxylation sites is 1. The Morgan fingerprint density at radius 1 is 1.04 bits per heavy atom. The zero-order valence-corrected chi connectivity index (χ0v) is 13.3. The lowest BCUT2D eigenvalue weighted by atomic mass is 9.96. The number of ether oxygens (including phenoxy) is 1. The molecule has 0 unspecified atom stereocenters. The fourth-order valence-corrected chi connectivity index (χ4v) is 2.80. The Morgan fingerprint density at radius 3 is 2.35 bits per heavy atom. The molecule has 0 radical (unpaired) electrons. The second-order valence-electron chi connectivity index (χ2n) is 5.49. The Labute approximate surface area is 133 Å². The molecule has 0 saturated carbocycles. The summed E-state index contributed by atoms with van der Waals surface area (Å²) in [5.41, 5.74) is 2.98. The van der Waals surface area contributed by atoms with Crippen molar-refractivity contribution in [1.29, 1.82) is 0 Å². The second-order valence-corrected chi connectivity index (χ2v) is 5.49. The summed E-state index contributed by atoms with van der Waals surface area (Å²) in [6.07, 6.45) is 0. The van der Waals surface area contributed by atoms with Crippen molar-refractivity contribution in [3.63, 3.8) is 0 Å². The molecular weight excluding hydrogens is 290 g/mol. The molecule has 4 heteroatoms. The number of fused-ring (bicyclic) bond motifs is 1. The van der Waals surface area contributed by atoms with E-state index in [9.17, 15) is 9.59 Å². The molecule has 3 aromatic rings. The highest BCUT2D eigenvalue weighted by molar-refractivity contribution is 6.09. The Morgan fingerprint density at radius 2 is 1.70 bits per heavy atom. The van der Waals surface area contributed by atoms with E-state index < -0.39 is 5.97 Å². The highest BCUT2D eigenvalue weighted by Gasteiger charge is 2.22. The number of nitrogens with zero attached hydrogens (tertiary/aromatic N) is 1. The number of pyridine rings is 1. The summed E-state index contributed by atoms with van der Waals surface area (Å²) in [4.78, 5) is 25.2. The van der Waals surface area contributed by atoms with Crippen LogP contribution in [-0.4, -0.2) is 17.6 Å². The van der Waals surface area contributed by atoms with Crippen molar-refractivity contribution in [2.24, 2.45) is 7.05 Å². The van der Waals surface area contributed by atoms with Crippen LogP contribution in [0.25, 0.3) is 22.0 Å². The van der Waals surface area contributed by atoms with Crippen molar-refractivity contribution in [3.8, 4) is 11.1 Å². The van der Waals surface area contributed by atoms with Crippen molar-refractivity contribution in [2.75, 3.05) is 7.11 Å². The molecule has 23 heavy (non-hydrogen) atoms. The third-order valence-electron chi connectivity index (χ3n) is 4.03. The largest absolute Gasteiger partial charge is 0.465 e. The van der Waals surface area contributed by atoms with Crippen molar-refractivity contribution in [3.05, 3.63) is 70.0 Å². The fourth-order valence-electron chi connectivity index (χ4n) is 2.80. The lowest BCUT2D eigenvalue weighted by Crippen LogP contribution is -2.23. The molecule has 0 N–H and O–H groups in total. The van der Waals surface area contributed by atoms with Crippen LogP contribution in [0, 0.1) is 6.92 Å². The quantitative estimate of drug-likeness (QED) is 0.683. The van der Waals surface area contributed by atoms with Crippen LogP contribution in [0.3, 0.4) is 0 Å². The van der Waals surface area contributed by atoms with Gasteiger partial charge in [-0.3, -0.25) is 4.79 Å². The summed E-state index contributed by atoms with van der Waals surface area (Å²) >= 11 is 0. The summed E-state index contributed by atoms with van der Waals surface area (Å²) in [6.45, 7) is 1.98. The van der Waals surface area contributed by atoms with Crippen LogP contribution in [0.4, 0.5) is 0 Å². The number of aryl methyl sites for hydroxylation is 2. The van der Waals surface area contributed by atoms with E-state index in [1.807, 2.05) is 55.5 Å². The molecular formula is C19H17NO3.